The number of nitrogens with zero attached hydrogens (tertiary/aromatic N) is 2. The van der Waals surface area contributed by atoms with Crippen LogP contribution >= 0.6 is 11.6 Å². The Hall–Kier alpha value is -0.830. The minimum atomic E-state index is 0.499. The van der Waals surface area contributed by atoms with Crippen molar-refractivity contribution in [1.82, 2.24) is 9.97 Å². The lowest BCUT2D eigenvalue weighted by Gasteiger charge is -2.06. The Morgan fingerprint density at radius 1 is 1.38 bits per heavy atom. The number of aromatic nitrogens is 2. The quantitative estimate of drug-likeness (QED) is 0.761. The topological polar surface area (TPSA) is 51.8 Å². The summed E-state index contributed by atoms with van der Waals surface area (Å²) < 4.78 is 0. The van der Waals surface area contributed by atoms with Crippen LogP contribution in [0.25, 0.3) is 0 Å². The van der Waals surface area contributed by atoms with E-state index in [0.717, 1.165) is 24.8 Å². The van der Waals surface area contributed by atoms with Gasteiger partial charge in [-0.25, -0.2) is 9.97 Å². The first-order valence-electron chi connectivity index (χ1n) is 4.43. The number of rotatable bonds is 3. The van der Waals surface area contributed by atoms with E-state index in [0.29, 0.717) is 16.8 Å². The Morgan fingerprint density at radius 2 is 2.08 bits per heavy atom. The Morgan fingerprint density at radius 3 is 2.62 bits per heavy atom. The third-order valence-electron chi connectivity index (χ3n) is 1.88. The molecule has 0 radical (unpaired) electrons. The largest absolute Gasteiger partial charge is 0.383 e. The average Bonchev–Trinajstić information content (AvgIpc) is 2.02. The van der Waals surface area contributed by atoms with Gasteiger partial charge in [0.2, 0.25) is 0 Å². The summed E-state index contributed by atoms with van der Waals surface area (Å²) in [4.78, 5) is 8.13. The molecule has 0 aromatic carbocycles. The van der Waals surface area contributed by atoms with Gasteiger partial charge in [-0.1, -0.05) is 24.9 Å². The van der Waals surface area contributed by atoms with Gasteiger partial charge in [-0.3, -0.25) is 0 Å². The zero-order chi connectivity index (χ0) is 9.84. The Balaban J connectivity index is 2.92. The molecule has 0 atom stereocenters. The molecule has 0 spiro atoms. The highest BCUT2D eigenvalue weighted by molar-refractivity contribution is 6.30. The van der Waals surface area contributed by atoms with Gasteiger partial charge in [0.05, 0.1) is 0 Å². The van der Waals surface area contributed by atoms with E-state index >= 15 is 0 Å². The maximum atomic E-state index is 5.94. The first-order valence-corrected chi connectivity index (χ1v) is 4.81. The summed E-state index contributed by atoms with van der Waals surface area (Å²) in [6, 6.07) is 0. The second-order valence-corrected chi connectivity index (χ2v) is 3.39. The maximum absolute atomic E-state index is 5.94. The minimum Gasteiger partial charge on any atom is -0.383 e. The number of nitrogens with two attached hydrogens (primary N) is 1. The normalized spacial score (nSPS) is 10.4. The van der Waals surface area contributed by atoms with Crippen molar-refractivity contribution < 1.29 is 0 Å². The van der Waals surface area contributed by atoms with Gasteiger partial charge >= 0.3 is 0 Å². The summed E-state index contributed by atoms with van der Waals surface area (Å²) in [6.45, 7) is 3.91. The van der Waals surface area contributed by atoms with E-state index in [1.165, 1.54) is 0 Å². The smallest absolute Gasteiger partial charge is 0.138 e. The molecule has 2 N–H and O–H groups in total. The first-order chi connectivity index (χ1) is 6.15. The van der Waals surface area contributed by atoms with E-state index < -0.39 is 0 Å². The lowest BCUT2D eigenvalue weighted by atomic mass is 10.1. The highest BCUT2D eigenvalue weighted by atomic mass is 35.5. The SMILES string of the molecule is CCCCc1c(N)nc(C)nc1Cl. The second-order valence-electron chi connectivity index (χ2n) is 3.03. The zero-order valence-corrected chi connectivity index (χ0v) is 8.73. The van der Waals surface area contributed by atoms with Gasteiger partial charge < -0.3 is 5.73 Å². The van der Waals surface area contributed by atoms with Crippen LogP contribution in [0.15, 0.2) is 0 Å². The fraction of sp³-hybridized carbons (Fsp3) is 0.556. The van der Waals surface area contributed by atoms with Crippen LogP contribution in [0.4, 0.5) is 5.82 Å². The van der Waals surface area contributed by atoms with Crippen LogP contribution in [-0.4, -0.2) is 9.97 Å². The Labute approximate surface area is 83.3 Å². The molecule has 0 saturated heterocycles. The molecule has 4 heteroatoms. The van der Waals surface area contributed by atoms with Crippen molar-refractivity contribution in [2.45, 2.75) is 33.1 Å². The number of nitrogen functional groups attached to an aromatic ring is 1. The predicted molar refractivity (Wildman–Crippen MR) is 54.8 cm³/mol. The van der Waals surface area contributed by atoms with Gasteiger partial charge in [0, 0.05) is 5.56 Å². The van der Waals surface area contributed by atoms with Gasteiger partial charge in [-0.2, -0.15) is 0 Å². The molecule has 1 heterocycles. The van der Waals surface area contributed by atoms with Gasteiger partial charge in [-0.05, 0) is 19.8 Å². The fourth-order valence-electron chi connectivity index (χ4n) is 1.17. The molecule has 3 nitrogen and oxygen atoms in total. The van der Waals surface area contributed by atoms with Crippen molar-refractivity contribution in [1.29, 1.82) is 0 Å². The fourth-order valence-corrected chi connectivity index (χ4v) is 1.48. The summed E-state index contributed by atoms with van der Waals surface area (Å²) in [5.41, 5.74) is 6.61. The molecule has 0 saturated carbocycles. The van der Waals surface area contributed by atoms with Crippen molar-refractivity contribution in [3.05, 3.63) is 16.5 Å². The van der Waals surface area contributed by atoms with Crippen molar-refractivity contribution in [2.24, 2.45) is 0 Å². The van der Waals surface area contributed by atoms with E-state index in [1.807, 2.05) is 0 Å². The molecule has 0 aliphatic carbocycles. The van der Waals surface area contributed by atoms with Gasteiger partial charge in [0.1, 0.15) is 16.8 Å². The lowest BCUT2D eigenvalue weighted by molar-refractivity contribution is 0.788. The summed E-state index contributed by atoms with van der Waals surface area (Å²) in [6.07, 6.45) is 3.04. The molecular formula is C9H14ClN3. The minimum absolute atomic E-state index is 0.499. The molecule has 0 amide bonds. The highest BCUT2D eigenvalue weighted by Gasteiger charge is 2.07. The highest BCUT2D eigenvalue weighted by Crippen LogP contribution is 2.20. The molecule has 13 heavy (non-hydrogen) atoms. The Bertz CT molecular complexity index is 276. The molecule has 0 aliphatic heterocycles. The van der Waals surface area contributed by atoms with Crippen molar-refractivity contribution in [3.63, 3.8) is 0 Å². The molecule has 0 unspecified atom stereocenters. The van der Waals surface area contributed by atoms with E-state index in [4.69, 9.17) is 17.3 Å². The Kier molecular flexibility index (Phi) is 3.48. The summed E-state index contributed by atoms with van der Waals surface area (Å²) >= 11 is 5.94. The van der Waals surface area contributed by atoms with Crippen LogP contribution in [0.1, 0.15) is 31.2 Å². The van der Waals surface area contributed by atoms with Crippen LogP contribution in [-0.2, 0) is 6.42 Å². The molecule has 72 valence electrons. The number of aryl methyl sites for hydroxylation is 1. The molecule has 1 aromatic rings. The second kappa shape index (κ2) is 4.42. The third-order valence-corrected chi connectivity index (χ3v) is 2.19. The number of halogens is 1. The van der Waals surface area contributed by atoms with E-state index in [-0.39, 0.29) is 0 Å². The van der Waals surface area contributed by atoms with Gasteiger partial charge in [0.15, 0.2) is 0 Å². The summed E-state index contributed by atoms with van der Waals surface area (Å²) in [5, 5.41) is 0.499. The summed E-state index contributed by atoms with van der Waals surface area (Å²) in [7, 11) is 0. The predicted octanol–water partition coefficient (Wildman–Crippen LogP) is 2.36. The number of anilines is 1. The van der Waals surface area contributed by atoms with Gasteiger partial charge in [-0.15, -0.1) is 0 Å². The van der Waals surface area contributed by atoms with E-state index in [9.17, 15) is 0 Å². The van der Waals surface area contributed by atoms with Crippen molar-refractivity contribution in [3.8, 4) is 0 Å². The van der Waals surface area contributed by atoms with Crippen LogP contribution in [0.5, 0.6) is 0 Å². The molecule has 0 aliphatic rings. The summed E-state index contributed by atoms with van der Waals surface area (Å²) in [5.74, 6) is 1.15. The van der Waals surface area contributed by atoms with Crippen LogP contribution in [0.2, 0.25) is 5.15 Å². The van der Waals surface area contributed by atoms with E-state index in [1.54, 1.807) is 6.92 Å². The number of unbranched alkanes of at least 4 members (excludes halogenated alkanes) is 1. The molecule has 0 fully saturated rings. The van der Waals surface area contributed by atoms with E-state index in [2.05, 4.69) is 16.9 Å². The first kappa shape index (κ1) is 10.3. The molecule has 1 rings (SSSR count). The van der Waals surface area contributed by atoms with Crippen LogP contribution in [0, 0.1) is 6.92 Å². The van der Waals surface area contributed by atoms with Crippen LogP contribution < -0.4 is 5.73 Å². The van der Waals surface area contributed by atoms with Crippen LogP contribution in [0.3, 0.4) is 0 Å². The molecule has 0 bridgehead atoms. The molecular weight excluding hydrogens is 186 g/mol. The third kappa shape index (κ3) is 2.56. The molecule has 1 aromatic heterocycles. The standard InChI is InChI=1S/C9H14ClN3/c1-3-4-5-7-8(10)12-6(2)13-9(7)11/h3-5H2,1-2H3,(H2,11,12,13). The van der Waals surface area contributed by atoms with Crippen molar-refractivity contribution >= 4 is 17.4 Å². The maximum Gasteiger partial charge on any atom is 0.138 e. The zero-order valence-electron chi connectivity index (χ0n) is 7.97. The average molecular weight is 200 g/mol. The van der Waals surface area contributed by atoms with Gasteiger partial charge in [0.25, 0.3) is 0 Å². The lowest BCUT2D eigenvalue weighted by Crippen LogP contribution is -2.03. The monoisotopic (exact) mass is 199 g/mol. The van der Waals surface area contributed by atoms with Crippen molar-refractivity contribution in [2.75, 3.05) is 5.73 Å². The number of hydrogen-bond acceptors (Lipinski definition) is 3. The number of hydrogen-bond donors (Lipinski definition) is 1.